The highest BCUT2D eigenvalue weighted by Crippen LogP contribution is 2.24. The van der Waals surface area contributed by atoms with E-state index < -0.39 is 0 Å². The number of carbonyl (C=O) groups is 1. The van der Waals surface area contributed by atoms with E-state index in [1.54, 1.807) is 6.20 Å². The van der Waals surface area contributed by atoms with Gasteiger partial charge in [-0.05, 0) is 28.7 Å². The molecule has 26 heavy (non-hydrogen) atoms. The first-order valence-electron chi connectivity index (χ1n) is 8.95. The number of urea groups is 1. The van der Waals surface area contributed by atoms with E-state index >= 15 is 0 Å². The first-order chi connectivity index (χ1) is 12.8. The number of imidazole rings is 1. The molecule has 0 unspecified atom stereocenters. The van der Waals surface area contributed by atoms with Crippen LogP contribution in [-0.2, 0) is 13.1 Å². The van der Waals surface area contributed by atoms with Gasteiger partial charge in [-0.2, -0.15) is 0 Å². The van der Waals surface area contributed by atoms with Gasteiger partial charge in [0.15, 0.2) is 0 Å². The molecule has 5 nitrogen and oxygen atoms in total. The molecule has 2 amide bonds. The second kappa shape index (κ2) is 7.44. The Morgan fingerprint density at radius 2 is 1.88 bits per heavy atom. The van der Waals surface area contributed by atoms with Crippen molar-refractivity contribution in [1.82, 2.24) is 19.8 Å². The van der Waals surface area contributed by atoms with Crippen LogP contribution in [0.15, 0.2) is 67.3 Å². The second-order valence-corrected chi connectivity index (χ2v) is 6.59. The third kappa shape index (κ3) is 3.61. The molecule has 1 aliphatic heterocycles. The minimum absolute atomic E-state index is 0.0294. The van der Waals surface area contributed by atoms with Crippen LogP contribution in [0.2, 0.25) is 0 Å². The van der Waals surface area contributed by atoms with E-state index in [1.807, 2.05) is 34.1 Å². The van der Waals surface area contributed by atoms with E-state index in [0.29, 0.717) is 6.54 Å². The third-order valence-corrected chi connectivity index (χ3v) is 4.78. The van der Waals surface area contributed by atoms with Gasteiger partial charge < -0.3 is 14.8 Å². The molecule has 1 fully saturated rings. The standard InChI is InChI=1S/C21H22N4O/c26-21(25-11-3-12-25)23-14-19-4-1-2-5-20(19)18-8-6-17(7-9-18)15-24-13-10-22-16-24/h1-2,4-10,13,16H,3,11-12,14-15H2,(H,23,26). The number of rotatable bonds is 5. The Kier molecular flexibility index (Phi) is 4.69. The SMILES string of the molecule is O=C(NCc1ccccc1-c1ccc(Cn2ccnc2)cc1)N1CCC1. The Balaban J connectivity index is 1.47. The van der Waals surface area contributed by atoms with Crippen molar-refractivity contribution in [3.05, 3.63) is 78.4 Å². The van der Waals surface area contributed by atoms with Crippen LogP contribution in [0.4, 0.5) is 4.79 Å². The summed E-state index contributed by atoms with van der Waals surface area (Å²) in [5.74, 6) is 0. The maximum atomic E-state index is 12.0. The highest BCUT2D eigenvalue weighted by molar-refractivity contribution is 5.75. The van der Waals surface area contributed by atoms with Crippen molar-refractivity contribution in [2.45, 2.75) is 19.5 Å². The first-order valence-corrected chi connectivity index (χ1v) is 8.95. The number of nitrogens with zero attached hydrogens (tertiary/aromatic N) is 3. The second-order valence-electron chi connectivity index (χ2n) is 6.59. The van der Waals surface area contributed by atoms with Gasteiger partial charge in [-0.15, -0.1) is 0 Å². The van der Waals surface area contributed by atoms with Crippen LogP contribution in [0.25, 0.3) is 11.1 Å². The van der Waals surface area contributed by atoms with Crippen molar-refractivity contribution in [3.63, 3.8) is 0 Å². The largest absolute Gasteiger partial charge is 0.334 e. The third-order valence-electron chi connectivity index (χ3n) is 4.78. The molecule has 0 bridgehead atoms. The van der Waals surface area contributed by atoms with Crippen LogP contribution >= 0.6 is 0 Å². The molecule has 3 aromatic rings. The number of amides is 2. The fourth-order valence-electron chi connectivity index (χ4n) is 3.14. The molecule has 0 atom stereocenters. The summed E-state index contributed by atoms with van der Waals surface area (Å²) in [6.45, 7) is 3.09. The summed E-state index contributed by atoms with van der Waals surface area (Å²) in [5.41, 5.74) is 4.68. The van der Waals surface area contributed by atoms with E-state index in [1.165, 1.54) is 5.56 Å². The van der Waals surface area contributed by atoms with E-state index in [4.69, 9.17) is 0 Å². The van der Waals surface area contributed by atoms with Crippen molar-refractivity contribution < 1.29 is 4.79 Å². The number of carbonyl (C=O) groups excluding carboxylic acids is 1. The number of likely N-dealkylation sites (tertiary alicyclic amines) is 1. The van der Waals surface area contributed by atoms with Gasteiger partial charge >= 0.3 is 6.03 Å². The molecular formula is C21H22N4O. The first kappa shape index (κ1) is 16.4. The quantitative estimate of drug-likeness (QED) is 0.768. The van der Waals surface area contributed by atoms with Crippen molar-refractivity contribution in [3.8, 4) is 11.1 Å². The van der Waals surface area contributed by atoms with Crippen LogP contribution < -0.4 is 5.32 Å². The highest BCUT2D eigenvalue weighted by atomic mass is 16.2. The van der Waals surface area contributed by atoms with E-state index in [-0.39, 0.29) is 6.03 Å². The zero-order chi connectivity index (χ0) is 17.8. The molecule has 0 aliphatic carbocycles. The Hall–Kier alpha value is -3.08. The molecule has 1 saturated heterocycles. The fraction of sp³-hybridized carbons (Fsp3) is 0.238. The zero-order valence-corrected chi connectivity index (χ0v) is 14.6. The minimum Gasteiger partial charge on any atom is -0.334 e. The van der Waals surface area contributed by atoms with Crippen LogP contribution in [0.3, 0.4) is 0 Å². The lowest BCUT2D eigenvalue weighted by Crippen LogP contribution is -2.47. The molecule has 5 heteroatoms. The minimum atomic E-state index is 0.0294. The molecule has 0 radical (unpaired) electrons. The van der Waals surface area contributed by atoms with Crippen LogP contribution in [0, 0.1) is 0 Å². The van der Waals surface area contributed by atoms with Crippen molar-refractivity contribution in [2.75, 3.05) is 13.1 Å². The van der Waals surface area contributed by atoms with Gasteiger partial charge in [-0.3, -0.25) is 0 Å². The molecule has 1 aliphatic rings. The number of nitrogens with one attached hydrogen (secondary N) is 1. The maximum Gasteiger partial charge on any atom is 0.317 e. The molecule has 1 N–H and O–H groups in total. The Labute approximate surface area is 153 Å². The maximum absolute atomic E-state index is 12.0. The molecule has 2 heterocycles. The number of hydrogen-bond acceptors (Lipinski definition) is 2. The lowest BCUT2D eigenvalue weighted by atomic mass is 9.98. The molecule has 4 rings (SSSR count). The average Bonchev–Trinajstić information content (AvgIpc) is 3.12. The molecular weight excluding hydrogens is 324 g/mol. The smallest absolute Gasteiger partial charge is 0.317 e. The highest BCUT2D eigenvalue weighted by Gasteiger charge is 2.19. The van der Waals surface area contributed by atoms with E-state index in [2.05, 4.69) is 46.7 Å². The Bertz CT molecular complexity index is 867. The lowest BCUT2D eigenvalue weighted by molar-refractivity contribution is 0.167. The van der Waals surface area contributed by atoms with Gasteiger partial charge in [0.1, 0.15) is 0 Å². The average molecular weight is 346 g/mol. The predicted molar refractivity (Wildman–Crippen MR) is 102 cm³/mol. The Morgan fingerprint density at radius 3 is 2.58 bits per heavy atom. The van der Waals surface area contributed by atoms with E-state index in [0.717, 1.165) is 42.7 Å². The van der Waals surface area contributed by atoms with Crippen molar-refractivity contribution in [2.24, 2.45) is 0 Å². The predicted octanol–water partition coefficient (Wildman–Crippen LogP) is 3.51. The topological polar surface area (TPSA) is 50.2 Å². The molecule has 2 aromatic carbocycles. The van der Waals surface area contributed by atoms with Gasteiger partial charge in [-0.1, -0.05) is 48.5 Å². The number of benzene rings is 2. The summed E-state index contributed by atoms with van der Waals surface area (Å²) in [6, 6.07) is 16.8. The van der Waals surface area contributed by atoms with Crippen molar-refractivity contribution >= 4 is 6.03 Å². The monoisotopic (exact) mass is 346 g/mol. The van der Waals surface area contributed by atoms with Crippen LogP contribution in [0.5, 0.6) is 0 Å². The van der Waals surface area contributed by atoms with Gasteiger partial charge in [-0.25, -0.2) is 9.78 Å². The Morgan fingerprint density at radius 1 is 1.08 bits per heavy atom. The van der Waals surface area contributed by atoms with E-state index in [9.17, 15) is 4.79 Å². The van der Waals surface area contributed by atoms with Crippen LogP contribution in [-0.4, -0.2) is 33.6 Å². The summed E-state index contributed by atoms with van der Waals surface area (Å²) in [7, 11) is 0. The van der Waals surface area contributed by atoms with Crippen molar-refractivity contribution in [1.29, 1.82) is 0 Å². The summed E-state index contributed by atoms with van der Waals surface area (Å²) in [6.07, 6.45) is 6.68. The summed E-state index contributed by atoms with van der Waals surface area (Å²) >= 11 is 0. The molecule has 132 valence electrons. The van der Waals surface area contributed by atoms with Crippen LogP contribution in [0.1, 0.15) is 17.5 Å². The van der Waals surface area contributed by atoms with Gasteiger partial charge in [0.05, 0.1) is 6.33 Å². The fourth-order valence-corrected chi connectivity index (χ4v) is 3.14. The van der Waals surface area contributed by atoms with Gasteiger partial charge in [0, 0.05) is 38.6 Å². The lowest BCUT2D eigenvalue weighted by Gasteiger charge is -2.30. The number of hydrogen-bond donors (Lipinski definition) is 1. The summed E-state index contributed by atoms with van der Waals surface area (Å²) < 4.78 is 2.05. The normalized spacial score (nSPS) is 13.3. The summed E-state index contributed by atoms with van der Waals surface area (Å²) in [5, 5.41) is 3.03. The molecule has 1 aromatic heterocycles. The zero-order valence-electron chi connectivity index (χ0n) is 14.6. The molecule has 0 saturated carbocycles. The summed E-state index contributed by atoms with van der Waals surface area (Å²) in [4.78, 5) is 18.0. The number of aromatic nitrogens is 2. The van der Waals surface area contributed by atoms with Gasteiger partial charge in [0.2, 0.25) is 0 Å². The molecule has 0 spiro atoms. The van der Waals surface area contributed by atoms with Gasteiger partial charge in [0.25, 0.3) is 0 Å².